The minimum absolute atomic E-state index is 0.504. The molecule has 0 aliphatic carbocycles. The molecule has 1 unspecified atom stereocenters. The summed E-state index contributed by atoms with van der Waals surface area (Å²) >= 11 is 0. The Morgan fingerprint density at radius 3 is 2.57 bits per heavy atom. The summed E-state index contributed by atoms with van der Waals surface area (Å²) in [5.74, 6) is 0.504. The van der Waals surface area contributed by atoms with Gasteiger partial charge in [0.05, 0.1) is 0 Å². The molecule has 1 N–H and O–H groups in total. The highest BCUT2D eigenvalue weighted by Gasteiger charge is 2.00. The summed E-state index contributed by atoms with van der Waals surface area (Å²) in [5, 5.41) is 3.16. The van der Waals surface area contributed by atoms with E-state index < -0.39 is 0 Å². The van der Waals surface area contributed by atoms with E-state index in [0.29, 0.717) is 5.92 Å². The van der Waals surface area contributed by atoms with Crippen molar-refractivity contribution in [2.24, 2.45) is 0 Å². The third-order valence-corrected chi connectivity index (χ3v) is 2.32. The molecule has 0 aliphatic rings. The number of benzene rings is 1. The molecule has 1 aromatic carbocycles. The summed E-state index contributed by atoms with van der Waals surface area (Å²) in [6.07, 6.45) is 2.31. The first-order chi connectivity index (χ1) is 6.74. The SMILES string of the molecule is CNC/C(C)=C/C(C)c1ccccc1. The van der Waals surface area contributed by atoms with Crippen LogP contribution < -0.4 is 5.32 Å². The zero-order valence-corrected chi connectivity index (χ0v) is 9.25. The van der Waals surface area contributed by atoms with Crippen molar-refractivity contribution in [1.82, 2.24) is 5.32 Å². The second kappa shape index (κ2) is 5.61. The first-order valence-corrected chi connectivity index (χ1v) is 5.11. The number of hydrogen-bond acceptors (Lipinski definition) is 1. The molecule has 0 amide bonds. The average molecular weight is 189 g/mol. The fraction of sp³-hybridized carbons (Fsp3) is 0.385. The molecule has 0 spiro atoms. The van der Waals surface area contributed by atoms with E-state index in [2.05, 4.69) is 55.6 Å². The Bertz CT molecular complexity index is 287. The summed E-state index contributed by atoms with van der Waals surface area (Å²) in [4.78, 5) is 0. The summed E-state index contributed by atoms with van der Waals surface area (Å²) < 4.78 is 0. The van der Waals surface area contributed by atoms with E-state index in [1.165, 1.54) is 11.1 Å². The molecule has 0 heterocycles. The van der Waals surface area contributed by atoms with Gasteiger partial charge in [0.25, 0.3) is 0 Å². The van der Waals surface area contributed by atoms with E-state index >= 15 is 0 Å². The molecule has 76 valence electrons. The third-order valence-electron chi connectivity index (χ3n) is 2.32. The van der Waals surface area contributed by atoms with Crippen molar-refractivity contribution in [3.8, 4) is 0 Å². The molecule has 1 atom stereocenters. The molecule has 0 radical (unpaired) electrons. The smallest absolute Gasteiger partial charge is 0.0159 e. The first-order valence-electron chi connectivity index (χ1n) is 5.11. The van der Waals surface area contributed by atoms with Crippen molar-refractivity contribution >= 4 is 0 Å². The molecule has 0 saturated carbocycles. The van der Waals surface area contributed by atoms with Gasteiger partial charge in [-0.15, -0.1) is 0 Å². The highest BCUT2D eigenvalue weighted by atomic mass is 14.8. The van der Waals surface area contributed by atoms with Crippen LogP contribution in [0.15, 0.2) is 42.0 Å². The zero-order valence-electron chi connectivity index (χ0n) is 9.25. The lowest BCUT2D eigenvalue weighted by molar-refractivity contribution is 0.856. The van der Waals surface area contributed by atoms with Gasteiger partial charge in [0, 0.05) is 6.54 Å². The molecule has 1 heteroatoms. The van der Waals surface area contributed by atoms with Crippen molar-refractivity contribution < 1.29 is 0 Å². The normalized spacial score (nSPS) is 14.1. The Balaban J connectivity index is 2.67. The van der Waals surface area contributed by atoms with Gasteiger partial charge in [-0.05, 0) is 25.5 Å². The van der Waals surface area contributed by atoms with Crippen LogP contribution in [-0.2, 0) is 0 Å². The Morgan fingerprint density at radius 2 is 2.00 bits per heavy atom. The predicted molar refractivity (Wildman–Crippen MR) is 62.5 cm³/mol. The lowest BCUT2D eigenvalue weighted by Crippen LogP contribution is -2.09. The monoisotopic (exact) mass is 189 g/mol. The van der Waals surface area contributed by atoms with Crippen LogP contribution in [0.1, 0.15) is 25.3 Å². The number of nitrogens with one attached hydrogen (secondary N) is 1. The fourth-order valence-electron chi connectivity index (χ4n) is 1.62. The van der Waals surface area contributed by atoms with Crippen molar-refractivity contribution in [3.63, 3.8) is 0 Å². The van der Waals surface area contributed by atoms with E-state index in [9.17, 15) is 0 Å². The van der Waals surface area contributed by atoms with Crippen LogP contribution in [0.5, 0.6) is 0 Å². The fourth-order valence-corrected chi connectivity index (χ4v) is 1.62. The number of likely N-dealkylation sites (N-methyl/N-ethyl adjacent to an activating group) is 1. The Kier molecular flexibility index (Phi) is 4.41. The minimum Gasteiger partial charge on any atom is -0.316 e. The van der Waals surface area contributed by atoms with E-state index in [4.69, 9.17) is 0 Å². The number of allylic oxidation sites excluding steroid dienone is 1. The molecule has 14 heavy (non-hydrogen) atoms. The highest BCUT2D eigenvalue weighted by Crippen LogP contribution is 2.17. The van der Waals surface area contributed by atoms with Crippen LogP contribution in [0.25, 0.3) is 0 Å². The molecular formula is C13H19N. The number of hydrogen-bond donors (Lipinski definition) is 1. The van der Waals surface area contributed by atoms with Crippen LogP contribution in [0, 0.1) is 0 Å². The maximum atomic E-state index is 3.16. The predicted octanol–water partition coefficient (Wildman–Crippen LogP) is 2.96. The summed E-state index contributed by atoms with van der Waals surface area (Å²) in [6, 6.07) is 10.6. The molecular weight excluding hydrogens is 170 g/mol. The minimum atomic E-state index is 0.504. The molecule has 1 rings (SSSR count). The van der Waals surface area contributed by atoms with Gasteiger partial charge < -0.3 is 5.32 Å². The third kappa shape index (κ3) is 3.35. The van der Waals surface area contributed by atoms with Crippen molar-refractivity contribution in [3.05, 3.63) is 47.5 Å². The average Bonchev–Trinajstić information content (AvgIpc) is 2.19. The maximum Gasteiger partial charge on any atom is 0.0159 e. The quantitative estimate of drug-likeness (QED) is 0.718. The standard InChI is InChI=1S/C13H19N/c1-11(10-14-3)9-12(2)13-7-5-4-6-8-13/h4-9,12,14H,10H2,1-3H3/b11-9+. The molecule has 0 saturated heterocycles. The van der Waals surface area contributed by atoms with Gasteiger partial charge in [-0.3, -0.25) is 0 Å². The summed E-state index contributed by atoms with van der Waals surface area (Å²) in [7, 11) is 1.98. The van der Waals surface area contributed by atoms with E-state index in [1.807, 2.05) is 7.05 Å². The van der Waals surface area contributed by atoms with Crippen molar-refractivity contribution in [2.45, 2.75) is 19.8 Å². The lowest BCUT2D eigenvalue weighted by atomic mass is 9.99. The Morgan fingerprint density at radius 1 is 1.36 bits per heavy atom. The Labute approximate surface area is 86.8 Å². The van der Waals surface area contributed by atoms with E-state index in [-0.39, 0.29) is 0 Å². The second-order valence-corrected chi connectivity index (χ2v) is 3.74. The topological polar surface area (TPSA) is 12.0 Å². The lowest BCUT2D eigenvalue weighted by Gasteiger charge is -2.08. The first kappa shape index (κ1) is 11.0. The summed E-state index contributed by atoms with van der Waals surface area (Å²) in [6.45, 7) is 5.36. The van der Waals surface area contributed by atoms with Crippen LogP contribution in [0.4, 0.5) is 0 Å². The van der Waals surface area contributed by atoms with Gasteiger partial charge in [0.1, 0.15) is 0 Å². The molecule has 0 aliphatic heterocycles. The van der Waals surface area contributed by atoms with Crippen LogP contribution in [0.2, 0.25) is 0 Å². The van der Waals surface area contributed by atoms with Gasteiger partial charge in [0.15, 0.2) is 0 Å². The maximum absolute atomic E-state index is 3.16. The molecule has 1 nitrogen and oxygen atoms in total. The van der Waals surface area contributed by atoms with Gasteiger partial charge in [-0.25, -0.2) is 0 Å². The van der Waals surface area contributed by atoms with Gasteiger partial charge in [-0.2, -0.15) is 0 Å². The van der Waals surface area contributed by atoms with Crippen LogP contribution in [-0.4, -0.2) is 13.6 Å². The Hall–Kier alpha value is -1.08. The van der Waals surface area contributed by atoms with Crippen LogP contribution in [0.3, 0.4) is 0 Å². The van der Waals surface area contributed by atoms with Gasteiger partial charge in [-0.1, -0.05) is 48.9 Å². The summed E-state index contributed by atoms with van der Waals surface area (Å²) in [5.41, 5.74) is 2.77. The van der Waals surface area contributed by atoms with Gasteiger partial charge in [0.2, 0.25) is 0 Å². The molecule has 0 fully saturated rings. The largest absolute Gasteiger partial charge is 0.316 e. The zero-order chi connectivity index (χ0) is 10.4. The van der Waals surface area contributed by atoms with E-state index in [0.717, 1.165) is 6.54 Å². The van der Waals surface area contributed by atoms with E-state index in [1.54, 1.807) is 0 Å². The number of rotatable bonds is 4. The molecule has 0 aromatic heterocycles. The van der Waals surface area contributed by atoms with Crippen molar-refractivity contribution in [2.75, 3.05) is 13.6 Å². The second-order valence-electron chi connectivity index (χ2n) is 3.74. The van der Waals surface area contributed by atoms with Crippen molar-refractivity contribution in [1.29, 1.82) is 0 Å². The highest BCUT2D eigenvalue weighted by molar-refractivity contribution is 5.24. The molecule has 0 bridgehead atoms. The van der Waals surface area contributed by atoms with Gasteiger partial charge >= 0.3 is 0 Å². The van der Waals surface area contributed by atoms with Crippen LogP contribution >= 0.6 is 0 Å². The molecule has 1 aromatic rings.